The predicted octanol–water partition coefficient (Wildman–Crippen LogP) is 3.20. The van der Waals surface area contributed by atoms with Crippen LogP contribution < -0.4 is 5.32 Å². The number of aliphatic carboxylic acids is 1. The van der Waals surface area contributed by atoms with Gasteiger partial charge >= 0.3 is 5.97 Å². The summed E-state index contributed by atoms with van der Waals surface area (Å²) in [6.07, 6.45) is 0. The Morgan fingerprint density at radius 1 is 1.15 bits per heavy atom. The molecule has 0 fully saturated rings. The molecule has 0 aliphatic carbocycles. The Hall–Kier alpha value is -1.88. The normalized spacial score (nSPS) is 11.3. The molecule has 2 N–H and O–H groups in total. The van der Waals surface area contributed by atoms with Gasteiger partial charge in [-0.1, -0.05) is 30.3 Å². The van der Waals surface area contributed by atoms with Gasteiger partial charge in [-0.15, -0.1) is 0 Å². The fourth-order valence-corrected chi connectivity index (χ4v) is 2.49. The molecule has 104 valence electrons. The number of nitrogens with one attached hydrogen (secondary N) is 1. The van der Waals surface area contributed by atoms with Gasteiger partial charge in [-0.3, -0.25) is 4.79 Å². The average molecular weight is 336 g/mol. The van der Waals surface area contributed by atoms with Gasteiger partial charge in [0.05, 0.1) is 5.56 Å². The lowest BCUT2D eigenvalue weighted by Gasteiger charge is -2.21. The zero-order chi connectivity index (χ0) is 14.9. The first-order valence-electron chi connectivity index (χ1n) is 6.06. The summed E-state index contributed by atoms with van der Waals surface area (Å²) in [7, 11) is 0. The molecule has 2 rings (SSSR count). The molecule has 4 nitrogen and oxygen atoms in total. The molecule has 0 spiro atoms. The van der Waals surface area contributed by atoms with E-state index >= 15 is 0 Å². The highest BCUT2D eigenvalue weighted by Crippen LogP contribution is 2.28. The van der Waals surface area contributed by atoms with Crippen LogP contribution in [0.1, 0.15) is 24.2 Å². The largest absolute Gasteiger partial charge is 0.480 e. The second-order valence-electron chi connectivity index (χ2n) is 5.03. The van der Waals surface area contributed by atoms with Gasteiger partial charge in [-0.2, -0.15) is 0 Å². The Morgan fingerprint density at radius 2 is 1.80 bits per heavy atom. The van der Waals surface area contributed by atoms with Crippen LogP contribution in [0.5, 0.6) is 0 Å². The standard InChI is InChI=1S/C15H14BrNO3/c1-15(2,14(19)20)17-13(18)11-8-7-9-5-3-4-6-10(9)12(11)16/h3-8H,1-2H3,(H,17,18)(H,19,20). The molecule has 2 aromatic carbocycles. The lowest BCUT2D eigenvalue weighted by atomic mass is 10.0. The maximum absolute atomic E-state index is 12.2. The van der Waals surface area contributed by atoms with E-state index in [0.29, 0.717) is 10.0 Å². The number of hydrogen-bond donors (Lipinski definition) is 2. The summed E-state index contributed by atoms with van der Waals surface area (Å²) in [5.41, 5.74) is -0.902. The maximum atomic E-state index is 12.2. The number of hydrogen-bond acceptors (Lipinski definition) is 2. The number of rotatable bonds is 3. The summed E-state index contributed by atoms with van der Waals surface area (Å²) in [5.74, 6) is -1.50. The van der Waals surface area contributed by atoms with Crippen LogP contribution in [0.3, 0.4) is 0 Å². The van der Waals surface area contributed by atoms with E-state index in [-0.39, 0.29) is 0 Å². The van der Waals surface area contributed by atoms with Crippen molar-refractivity contribution < 1.29 is 14.7 Å². The molecule has 0 radical (unpaired) electrons. The van der Waals surface area contributed by atoms with Crippen molar-refractivity contribution >= 4 is 38.6 Å². The molecular formula is C15H14BrNO3. The van der Waals surface area contributed by atoms with Crippen LogP contribution in [0, 0.1) is 0 Å². The second-order valence-corrected chi connectivity index (χ2v) is 5.83. The van der Waals surface area contributed by atoms with Gasteiger partial charge in [0.2, 0.25) is 0 Å². The van der Waals surface area contributed by atoms with Gasteiger partial charge in [-0.05, 0) is 46.6 Å². The molecule has 0 atom stereocenters. The summed E-state index contributed by atoms with van der Waals surface area (Å²) >= 11 is 3.42. The molecule has 0 aromatic heterocycles. The zero-order valence-corrected chi connectivity index (χ0v) is 12.7. The lowest BCUT2D eigenvalue weighted by Crippen LogP contribution is -2.49. The molecule has 0 bridgehead atoms. The van der Waals surface area contributed by atoms with Gasteiger partial charge < -0.3 is 10.4 Å². The highest BCUT2D eigenvalue weighted by molar-refractivity contribution is 9.10. The number of carboxylic acids is 1. The fourth-order valence-electron chi connectivity index (χ4n) is 1.81. The van der Waals surface area contributed by atoms with Crippen LogP contribution in [0.25, 0.3) is 10.8 Å². The van der Waals surface area contributed by atoms with Gasteiger partial charge in [0.15, 0.2) is 0 Å². The van der Waals surface area contributed by atoms with Crippen LogP contribution in [0.15, 0.2) is 40.9 Å². The van der Waals surface area contributed by atoms with Crippen LogP contribution in [0.2, 0.25) is 0 Å². The second kappa shape index (κ2) is 5.25. The molecule has 20 heavy (non-hydrogen) atoms. The van der Waals surface area contributed by atoms with E-state index in [1.54, 1.807) is 6.07 Å². The van der Waals surface area contributed by atoms with Gasteiger partial charge in [-0.25, -0.2) is 4.79 Å². The van der Waals surface area contributed by atoms with E-state index in [4.69, 9.17) is 5.11 Å². The first-order valence-corrected chi connectivity index (χ1v) is 6.85. The molecule has 0 saturated heterocycles. The Labute approximate surface area is 124 Å². The molecule has 0 aliphatic rings. The Kier molecular flexibility index (Phi) is 3.81. The average Bonchev–Trinajstić information content (AvgIpc) is 2.38. The summed E-state index contributed by atoms with van der Waals surface area (Å²) in [4.78, 5) is 23.3. The maximum Gasteiger partial charge on any atom is 0.328 e. The van der Waals surface area contributed by atoms with Crippen LogP contribution in [0.4, 0.5) is 0 Å². The number of carbonyl (C=O) groups is 2. The molecular weight excluding hydrogens is 322 g/mol. The molecule has 0 unspecified atom stereocenters. The van der Waals surface area contributed by atoms with E-state index in [0.717, 1.165) is 10.8 Å². The fraction of sp³-hybridized carbons (Fsp3) is 0.200. The summed E-state index contributed by atoms with van der Waals surface area (Å²) < 4.78 is 0.661. The van der Waals surface area contributed by atoms with Crippen molar-refractivity contribution in [3.05, 3.63) is 46.4 Å². The minimum atomic E-state index is -1.32. The Balaban J connectivity index is 2.41. The molecule has 0 heterocycles. The van der Waals surface area contributed by atoms with Crippen molar-refractivity contribution in [3.63, 3.8) is 0 Å². The van der Waals surface area contributed by atoms with Gasteiger partial charge in [0, 0.05) is 4.47 Å². The molecule has 5 heteroatoms. The topological polar surface area (TPSA) is 66.4 Å². The zero-order valence-electron chi connectivity index (χ0n) is 11.1. The quantitative estimate of drug-likeness (QED) is 0.905. The van der Waals surface area contributed by atoms with E-state index in [9.17, 15) is 9.59 Å². The minimum Gasteiger partial charge on any atom is -0.480 e. The molecule has 2 aromatic rings. The Morgan fingerprint density at radius 3 is 2.45 bits per heavy atom. The first kappa shape index (κ1) is 14.5. The van der Waals surface area contributed by atoms with E-state index < -0.39 is 17.4 Å². The highest BCUT2D eigenvalue weighted by Gasteiger charge is 2.30. The van der Waals surface area contributed by atoms with Crippen molar-refractivity contribution in [2.45, 2.75) is 19.4 Å². The highest BCUT2D eigenvalue weighted by atomic mass is 79.9. The smallest absolute Gasteiger partial charge is 0.328 e. The number of amides is 1. The van der Waals surface area contributed by atoms with Crippen LogP contribution in [-0.2, 0) is 4.79 Å². The van der Waals surface area contributed by atoms with Crippen molar-refractivity contribution in [1.82, 2.24) is 5.32 Å². The van der Waals surface area contributed by atoms with E-state index in [1.807, 2.05) is 30.3 Å². The summed E-state index contributed by atoms with van der Waals surface area (Å²) in [6.45, 7) is 2.89. The number of benzene rings is 2. The number of carboxylic acid groups (broad SMARTS) is 1. The third kappa shape index (κ3) is 2.67. The molecule has 0 aliphatic heterocycles. The summed E-state index contributed by atoms with van der Waals surface area (Å²) in [5, 5.41) is 13.5. The van der Waals surface area contributed by atoms with Crippen molar-refractivity contribution in [2.24, 2.45) is 0 Å². The van der Waals surface area contributed by atoms with Crippen molar-refractivity contribution in [2.75, 3.05) is 0 Å². The van der Waals surface area contributed by atoms with E-state index in [2.05, 4.69) is 21.2 Å². The summed E-state index contributed by atoms with van der Waals surface area (Å²) in [6, 6.07) is 11.2. The van der Waals surface area contributed by atoms with E-state index in [1.165, 1.54) is 13.8 Å². The SMILES string of the molecule is CC(C)(NC(=O)c1ccc2ccccc2c1Br)C(=O)O. The molecule has 1 amide bonds. The van der Waals surface area contributed by atoms with Crippen molar-refractivity contribution in [1.29, 1.82) is 0 Å². The predicted molar refractivity (Wildman–Crippen MR) is 80.8 cm³/mol. The minimum absolute atomic E-state index is 0.415. The molecule has 0 saturated carbocycles. The number of halogens is 1. The van der Waals surface area contributed by atoms with Crippen LogP contribution >= 0.6 is 15.9 Å². The number of fused-ring (bicyclic) bond motifs is 1. The lowest BCUT2D eigenvalue weighted by molar-refractivity contribution is -0.143. The third-order valence-electron chi connectivity index (χ3n) is 3.07. The van der Waals surface area contributed by atoms with Gasteiger partial charge in [0.1, 0.15) is 5.54 Å². The number of carbonyl (C=O) groups excluding carboxylic acids is 1. The van der Waals surface area contributed by atoms with Crippen LogP contribution in [-0.4, -0.2) is 22.5 Å². The monoisotopic (exact) mass is 335 g/mol. The van der Waals surface area contributed by atoms with Gasteiger partial charge in [0.25, 0.3) is 5.91 Å². The van der Waals surface area contributed by atoms with Crippen molar-refractivity contribution in [3.8, 4) is 0 Å². The first-order chi connectivity index (χ1) is 9.33. The Bertz CT molecular complexity index is 695. The third-order valence-corrected chi connectivity index (χ3v) is 3.92.